The first-order chi connectivity index (χ1) is 6.20. The maximum Gasteiger partial charge on any atom is 0.357 e. The summed E-state index contributed by atoms with van der Waals surface area (Å²) in [4.78, 5) is 10.7. The fraction of sp³-hybridized carbons (Fsp3) is 0.429. The van der Waals surface area contributed by atoms with Crippen molar-refractivity contribution in [3.05, 3.63) is 15.0 Å². The van der Waals surface area contributed by atoms with Gasteiger partial charge in [-0.25, -0.2) is 4.79 Å². The summed E-state index contributed by atoms with van der Waals surface area (Å²) in [5.41, 5.74) is 1.07. The predicted octanol–water partition coefficient (Wildman–Crippen LogP) is 0.821. The van der Waals surface area contributed by atoms with Crippen molar-refractivity contribution in [1.82, 2.24) is 15.5 Å². The molecule has 0 saturated carbocycles. The van der Waals surface area contributed by atoms with Crippen LogP contribution in [-0.2, 0) is 0 Å². The van der Waals surface area contributed by atoms with Gasteiger partial charge in [-0.2, -0.15) is 5.10 Å². The Morgan fingerprint density at radius 2 is 2.21 bits per heavy atom. The van der Waals surface area contributed by atoms with Crippen LogP contribution in [0.5, 0.6) is 0 Å². The van der Waals surface area contributed by atoms with Crippen molar-refractivity contribution >= 4 is 41.0 Å². The van der Waals surface area contributed by atoms with Crippen molar-refractivity contribution in [3.8, 4) is 0 Å². The van der Waals surface area contributed by atoms with Crippen molar-refractivity contribution in [2.45, 2.75) is 5.92 Å². The van der Waals surface area contributed by atoms with Gasteiger partial charge >= 0.3 is 5.97 Å². The minimum atomic E-state index is -0.973. The highest BCUT2D eigenvalue weighted by atomic mass is 127. The number of carbonyl (C=O) groups is 1. The summed E-state index contributed by atoms with van der Waals surface area (Å²) >= 11 is 2.02. The van der Waals surface area contributed by atoms with E-state index in [9.17, 15) is 4.79 Å². The summed E-state index contributed by atoms with van der Waals surface area (Å²) in [6.07, 6.45) is 0. The second-order valence-corrected chi connectivity index (χ2v) is 4.04. The van der Waals surface area contributed by atoms with Gasteiger partial charge in [0.15, 0.2) is 5.69 Å². The van der Waals surface area contributed by atoms with Gasteiger partial charge in [0.1, 0.15) is 0 Å². The maximum atomic E-state index is 10.7. The number of hydrogen-bond donors (Lipinski definition) is 3. The molecule has 1 aromatic heterocycles. The molecule has 1 saturated heterocycles. The number of nitrogens with zero attached hydrogens (tertiary/aromatic N) is 1. The SMILES string of the molecule is Cl.O=C(O)c1n[nH]c(C2CNC2)c1I. The van der Waals surface area contributed by atoms with Gasteiger partial charge in [0, 0.05) is 19.0 Å². The molecule has 0 aromatic carbocycles. The summed E-state index contributed by atoms with van der Waals surface area (Å²) in [6, 6.07) is 0. The number of H-pyrrole nitrogens is 1. The molecule has 0 bridgehead atoms. The number of nitrogens with one attached hydrogen (secondary N) is 2. The van der Waals surface area contributed by atoms with E-state index < -0.39 is 5.97 Å². The predicted molar refractivity (Wildman–Crippen MR) is 61.1 cm³/mol. The third-order valence-corrected chi connectivity index (χ3v) is 3.22. The van der Waals surface area contributed by atoms with E-state index in [4.69, 9.17) is 5.11 Å². The Morgan fingerprint density at radius 1 is 1.57 bits per heavy atom. The van der Waals surface area contributed by atoms with Crippen molar-refractivity contribution < 1.29 is 9.90 Å². The van der Waals surface area contributed by atoms with E-state index in [0.717, 1.165) is 22.4 Å². The molecule has 0 radical (unpaired) electrons. The quantitative estimate of drug-likeness (QED) is 0.702. The molecule has 2 rings (SSSR count). The van der Waals surface area contributed by atoms with E-state index in [0.29, 0.717) is 5.92 Å². The van der Waals surface area contributed by atoms with Crippen molar-refractivity contribution in [1.29, 1.82) is 0 Å². The molecule has 0 spiro atoms. The fourth-order valence-corrected chi connectivity index (χ4v) is 2.16. The molecular formula is C7H9ClIN3O2. The number of carboxylic acid groups (broad SMARTS) is 1. The lowest BCUT2D eigenvalue weighted by Crippen LogP contribution is -2.40. The molecule has 78 valence electrons. The molecule has 1 aliphatic heterocycles. The number of halogens is 2. The van der Waals surface area contributed by atoms with Gasteiger partial charge in [-0.05, 0) is 22.6 Å². The van der Waals surface area contributed by atoms with Gasteiger partial charge in [-0.15, -0.1) is 12.4 Å². The molecule has 1 aromatic rings. The number of carboxylic acids is 1. The topological polar surface area (TPSA) is 78.0 Å². The van der Waals surface area contributed by atoms with Crippen LogP contribution in [0.2, 0.25) is 0 Å². The Morgan fingerprint density at radius 3 is 2.57 bits per heavy atom. The Labute approximate surface area is 100 Å². The highest BCUT2D eigenvalue weighted by molar-refractivity contribution is 14.1. The van der Waals surface area contributed by atoms with E-state index >= 15 is 0 Å². The lowest BCUT2D eigenvalue weighted by Gasteiger charge is -2.26. The van der Waals surface area contributed by atoms with Crippen LogP contribution in [0, 0.1) is 3.57 Å². The first-order valence-electron chi connectivity index (χ1n) is 3.88. The third kappa shape index (κ3) is 1.86. The second-order valence-electron chi connectivity index (χ2n) is 2.96. The highest BCUT2D eigenvalue weighted by Crippen LogP contribution is 2.24. The summed E-state index contributed by atoms with van der Waals surface area (Å²) < 4.78 is 0.733. The summed E-state index contributed by atoms with van der Waals surface area (Å²) in [5, 5.41) is 18.4. The summed E-state index contributed by atoms with van der Waals surface area (Å²) in [6.45, 7) is 1.80. The zero-order chi connectivity index (χ0) is 9.42. The Bertz CT molecular complexity index is 351. The number of hydrogen-bond acceptors (Lipinski definition) is 3. The van der Waals surface area contributed by atoms with Gasteiger partial charge in [0.2, 0.25) is 0 Å². The zero-order valence-corrected chi connectivity index (χ0v) is 10.1. The third-order valence-electron chi connectivity index (χ3n) is 2.12. The Hall–Kier alpha value is -0.340. The molecule has 3 N–H and O–H groups in total. The maximum absolute atomic E-state index is 10.7. The molecule has 0 atom stereocenters. The Kier molecular flexibility index (Phi) is 3.73. The van der Waals surface area contributed by atoms with E-state index in [1.54, 1.807) is 0 Å². The summed E-state index contributed by atoms with van der Waals surface area (Å²) in [5.74, 6) is -0.577. The van der Waals surface area contributed by atoms with Gasteiger partial charge in [0.05, 0.1) is 9.26 Å². The Balaban J connectivity index is 0.000000980. The van der Waals surface area contributed by atoms with Crippen LogP contribution in [0.3, 0.4) is 0 Å². The van der Waals surface area contributed by atoms with Crippen LogP contribution < -0.4 is 5.32 Å². The average Bonchev–Trinajstić information content (AvgIpc) is 2.29. The monoisotopic (exact) mass is 329 g/mol. The number of aromatic nitrogens is 2. The lowest BCUT2D eigenvalue weighted by molar-refractivity contribution is 0.0689. The molecule has 7 heteroatoms. The molecular weight excluding hydrogens is 320 g/mol. The van der Waals surface area contributed by atoms with Gasteiger partial charge in [0.25, 0.3) is 0 Å². The largest absolute Gasteiger partial charge is 0.476 e. The van der Waals surface area contributed by atoms with E-state index in [1.165, 1.54) is 0 Å². The van der Waals surface area contributed by atoms with Crippen LogP contribution in [0.25, 0.3) is 0 Å². The standard InChI is InChI=1S/C7H8IN3O2.ClH/c8-4-5(3-1-9-2-3)10-11-6(4)7(12)13;/h3,9H,1-2H2,(H,10,11)(H,12,13);1H. The van der Waals surface area contributed by atoms with Crippen LogP contribution in [0.1, 0.15) is 22.1 Å². The number of aromatic carboxylic acids is 1. The number of rotatable bonds is 2. The molecule has 0 unspecified atom stereocenters. The van der Waals surface area contributed by atoms with Gasteiger partial charge < -0.3 is 10.4 Å². The van der Waals surface area contributed by atoms with Crippen LogP contribution in [-0.4, -0.2) is 34.4 Å². The summed E-state index contributed by atoms with van der Waals surface area (Å²) in [7, 11) is 0. The molecule has 1 fully saturated rings. The van der Waals surface area contributed by atoms with Gasteiger partial charge in [-0.3, -0.25) is 5.10 Å². The minimum absolute atomic E-state index is 0. The molecule has 2 heterocycles. The van der Waals surface area contributed by atoms with Crippen molar-refractivity contribution in [2.24, 2.45) is 0 Å². The van der Waals surface area contributed by atoms with Crippen molar-refractivity contribution in [2.75, 3.05) is 13.1 Å². The zero-order valence-electron chi connectivity index (χ0n) is 7.08. The second kappa shape index (κ2) is 4.45. The first kappa shape index (κ1) is 11.7. The van der Waals surface area contributed by atoms with Crippen LogP contribution in [0.15, 0.2) is 0 Å². The number of aromatic amines is 1. The van der Waals surface area contributed by atoms with E-state index in [-0.39, 0.29) is 18.1 Å². The van der Waals surface area contributed by atoms with Gasteiger partial charge in [-0.1, -0.05) is 0 Å². The molecule has 0 amide bonds. The molecule has 0 aliphatic carbocycles. The highest BCUT2D eigenvalue weighted by Gasteiger charge is 2.26. The van der Waals surface area contributed by atoms with Crippen LogP contribution >= 0.6 is 35.0 Å². The molecule has 5 nitrogen and oxygen atoms in total. The van der Waals surface area contributed by atoms with E-state index in [1.807, 2.05) is 22.6 Å². The smallest absolute Gasteiger partial charge is 0.357 e. The lowest BCUT2D eigenvalue weighted by atomic mass is 9.99. The van der Waals surface area contributed by atoms with Crippen LogP contribution in [0.4, 0.5) is 0 Å². The first-order valence-corrected chi connectivity index (χ1v) is 4.95. The van der Waals surface area contributed by atoms with E-state index in [2.05, 4.69) is 15.5 Å². The molecule has 14 heavy (non-hydrogen) atoms. The minimum Gasteiger partial charge on any atom is -0.476 e. The normalized spacial score (nSPS) is 15.8. The molecule has 1 aliphatic rings. The van der Waals surface area contributed by atoms with Crippen molar-refractivity contribution in [3.63, 3.8) is 0 Å². The fourth-order valence-electron chi connectivity index (χ4n) is 1.25. The average molecular weight is 330 g/mol.